The highest BCUT2D eigenvalue weighted by Gasteiger charge is 2.25. The molecule has 1 amide bonds. The lowest BCUT2D eigenvalue weighted by Gasteiger charge is -2.32. The number of rotatable bonds is 5. The average molecular weight is 369 g/mol. The molecule has 0 radical (unpaired) electrons. The van der Waals surface area contributed by atoms with Crippen LogP contribution in [0.15, 0.2) is 18.7 Å². The minimum atomic E-state index is 0.205. The van der Waals surface area contributed by atoms with Crippen molar-refractivity contribution in [2.45, 2.75) is 44.4 Å². The van der Waals surface area contributed by atoms with Crippen molar-refractivity contribution in [3.63, 3.8) is 0 Å². The number of aryl methyl sites for hydroxylation is 2. The number of carbonyl (C=O) groups excluding carboxylic acids is 1. The van der Waals surface area contributed by atoms with E-state index in [0.717, 1.165) is 56.4 Å². The maximum Gasteiger partial charge on any atom is 0.223 e. The topological polar surface area (TPSA) is 80.0 Å². The largest absolute Gasteiger partial charge is 0.357 e. The zero-order valence-electron chi connectivity index (χ0n) is 15.9. The number of amides is 1. The Morgan fingerprint density at radius 1 is 1.15 bits per heavy atom. The van der Waals surface area contributed by atoms with E-state index in [4.69, 9.17) is 0 Å². The lowest BCUT2D eigenvalue weighted by atomic mass is 9.93. The van der Waals surface area contributed by atoms with Gasteiger partial charge in [-0.2, -0.15) is 0 Å². The highest BCUT2D eigenvalue weighted by atomic mass is 16.2. The fourth-order valence-corrected chi connectivity index (χ4v) is 4.04. The fourth-order valence-electron chi connectivity index (χ4n) is 4.04. The number of piperidine rings is 1. The summed E-state index contributed by atoms with van der Waals surface area (Å²) in [6, 6.07) is 2.15. The van der Waals surface area contributed by atoms with Crippen LogP contribution in [0.2, 0.25) is 0 Å². The molecule has 0 atom stereocenters. The number of likely N-dealkylation sites (tertiary alicyclic amines) is 1. The number of aromatic nitrogens is 5. The molecule has 2 saturated heterocycles. The normalized spacial score (nSPS) is 18.3. The third-order valence-electron chi connectivity index (χ3n) is 5.74. The van der Waals surface area contributed by atoms with Crippen LogP contribution in [0, 0.1) is 0 Å². The summed E-state index contributed by atoms with van der Waals surface area (Å²) in [5.74, 6) is 2.53. The predicted molar refractivity (Wildman–Crippen MR) is 101 cm³/mol. The molecule has 8 nitrogen and oxygen atoms in total. The summed E-state index contributed by atoms with van der Waals surface area (Å²) < 4.78 is 1.87. The van der Waals surface area contributed by atoms with Gasteiger partial charge in [-0.05, 0) is 25.7 Å². The van der Waals surface area contributed by atoms with Crippen LogP contribution in [0.4, 0.5) is 5.82 Å². The van der Waals surface area contributed by atoms with Crippen LogP contribution >= 0.6 is 0 Å². The summed E-state index contributed by atoms with van der Waals surface area (Å²) in [5.41, 5.74) is 1.12. The van der Waals surface area contributed by atoms with E-state index in [0.29, 0.717) is 18.8 Å². The van der Waals surface area contributed by atoms with Crippen molar-refractivity contribution in [2.75, 3.05) is 31.1 Å². The Kier molecular flexibility index (Phi) is 5.31. The van der Waals surface area contributed by atoms with E-state index < -0.39 is 0 Å². The SMILES string of the molecule is Cn1cnnc1CCC(=O)N1CCC(c2cc(N3CCCC3)ncn2)CC1. The first-order valence-electron chi connectivity index (χ1n) is 9.88. The van der Waals surface area contributed by atoms with Gasteiger partial charge in [0.05, 0.1) is 0 Å². The van der Waals surface area contributed by atoms with Gasteiger partial charge in [0.2, 0.25) is 5.91 Å². The zero-order valence-corrected chi connectivity index (χ0v) is 15.9. The van der Waals surface area contributed by atoms with Gasteiger partial charge in [-0.25, -0.2) is 9.97 Å². The van der Waals surface area contributed by atoms with Crippen molar-refractivity contribution in [3.05, 3.63) is 30.2 Å². The smallest absolute Gasteiger partial charge is 0.223 e. The van der Waals surface area contributed by atoms with E-state index >= 15 is 0 Å². The van der Waals surface area contributed by atoms with E-state index in [9.17, 15) is 4.79 Å². The van der Waals surface area contributed by atoms with Crippen molar-refractivity contribution < 1.29 is 4.79 Å². The highest BCUT2D eigenvalue weighted by molar-refractivity contribution is 5.76. The van der Waals surface area contributed by atoms with E-state index in [1.807, 2.05) is 16.5 Å². The molecule has 4 rings (SSSR count). The van der Waals surface area contributed by atoms with Crippen molar-refractivity contribution in [2.24, 2.45) is 7.05 Å². The van der Waals surface area contributed by atoms with Gasteiger partial charge in [-0.3, -0.25) is 4.79 Å². The van der Waals surface area contributed by atoms with E-state index in [1.54, 1.807) is 12.7 Å². The first-order valence-corrected chi connectivity index (χ1v) is 9.88. The Bertz CT molecular complexity index is 776. The molecule has 2 aliphatic rings. The molecule has 2 fully saturated rings. The van der Waals surface area contributed by atoms with Gasteiger partial charge in [0, 0.05) is 63.7 Å². The Balaban J connectivity index is 1.30. The Hall–Kier alpha value is -2.51. The third kappa shape index (κ3) is 4.09. The van der Waals surface area contributed by atoms with Gasteiger partial charge in [-0.1, -0.05) is 0 Å². The van der Waals surface area contributed by atoms with Gasteiger partial charge in [0.25, 0.3) is 0 Å². The summed E-state index contributed by atoms with van der Waals surface area (Å²) in [4.78, 5) is 25.8. The molecule has 2 aliphatic heterocycles. The molecule has 0 aliphatic carbocycles. The first-order chi connectivity index (χ1) is 13.2. The molecule has 0 aromatic carbocycles. The number of hydrogen-bond acceptors (Lipinski definition) is 6. The molecule has 2 aromatic rings. The molecule has 144 valence electrons. The second-order valence-corrected chi connectivity index (χ2v) is 7.51. The van der Waals surface area contributed by atoms with Gasteiger partial charge < -0.3 is 14.4 Å². The quantitative estimate of drug-likeness (QED) is 0.795. The Morgan fingerprint density at radius 3 is 2.63 bits per heavy atom. The third-order valence-corrected chi connectivity index (χ3v) is 5.74. The summed E-state index contributed by atoms with van der Waals surface area (Å²) in [6.45, 7) is 3.78. The summed E-state index contributed by atoms with van der Waals surface area (Å²) >= 11 is 0. The Morgan fingerprint density at radius 2 is 1.93 bits per heavy atom. The highest BCUT2D eigenvalue weighted by Crippen LogP contribution is 2.29. The second-order valence-electron chi connectivity index (χ2n) is 7.51. The number of hydrogen-bond donors (Lipinski definition) is 0. The molecule has 8 heteroatoms. The minimum absolute atomic E-state index is 0.205. The second kappa shape index (κ2) is 8.02. The molecule has 0 N–H and O–H groups in total. The predicted octanol–water partition coefficient (Wildman–Crippen LogP) is 1.54. The molecule has 4 heterocycles. The molecule has 0 saturated carbocycles. The van der Waals surface area contributed by atoms with Crippen LogP contribution in [0.5, 0.6) is 0 Å². The van der Waals surface area contributed by atoms with Crippen molar-refractivity contribution in [3.8, 4) is 0 Å². The summed E-state index contributed by atoms with van der Waals surface area (Å²) in [5, 5.41) is 7.91. The van der Waals surface area contributed by atoms with Crippen LogP contribution < -0.4 is 4.90 Å². The maximum absolute atomic E-state index is 12.5. The summed E-state index contributed by atoms with van der Waals surface area (Å²) in [6.07, 6.45) is 8.91. The van der Waals surface area contributed by atoms with Gasteiger partial charge in [-0.15, -0.1) is 10.2 Å². The van der Waals surface area contributed by atoms with Crippen molar-refractivity contribution in [1.82, 2.24) is 29.6 Å². The average Bonchev–Trinajstić information content (AvgIpc) is 3.38. The molecule has 0 bridgehead atoms. The van der Waals surface area contributed by atoms with Crippen LogP contribution in [-0.2, 0) is 18.3 Å². The van der Waals surface area contributed by atoms with Crippen LogP contribution in [-0.4, -0.2) is 61.7 Å². The van der Waals surface area contributed by atoms with Gasteiger partial charge in [0.15, 0.2) is 0 Å². The standard InChI is InChI=1S/C19H27N7O/c1-24-14-22-23-17(24)4-5-19(27)26-10-6-15(7-11-26)16-12-18(21-13-20-16)25-8-2-3-9-25/h12-15H,2-11H2,1H3. The number of carbonyl (C=O) groups is 1. The molecule has 2 aromatic heterocycles. The molecular formula is C19H27N7O. The zero-order chi connectivity index (χ0) is 18.6. The van der Waals surface area contributed by atoms with Crippen LogP contribution in [0.25, 0.3) is 0 Å². The van der Waals surface area contributed by atoms with Crippen molar-refractivity contribution >= 4 is 11.7 Å². The van der Waals surface area contributed by atoms with Crippen LogP contribution in [0.3, 0.4) is 0 Å². The lowest BCUT2D eigenvalue weighted by molar-refractivity contribution is -0.132. The summed E-state index contributed by atoms with van der Waals surface area (Å²) in [7, 11) is 1.91. The number of nitrogens with zero attached hydrogens (tertiary/aromatic N) is 7. The minimum Gasteiger partial charge on any atom is -0.357 e. The van der Waals surface area contributed by atoms with E-state index in [-0.39, 0.29) is 5.91 Å². The van der Waals surface area contributed by atoms with E-state index in [1.165, 1.54) is 12.8 Å². The molecule has 0 unspecified atom stereocenters. The lowest BCUT2D eigenvalue weighted by Crippen LogP contribution is -2.38. The molecular weight excluding hydrogens is 342 g/mol. The molecule has 0 spiro atoms. The van der Waals surface area contributed by atoms with E-state index in [2.05, 4.69) is 31.1 Å². The Labute approximate surface area is 159 Å². The number of anilines is 1. The first kappa shape index (κ1) is 17.9. The van der Waals surface area contributed by atoms with Gasteiger partial charge in [0.1, 0.15) is 24.3 Å². The molecule has 27 heavy (non-hydrogen) atoms. The maximum atomic E-state index is 12.5. The monoisotopic (exact) mass is 369 g/mol. The van der Waals surface area contributed by atoms with Gasteiger partial charge >= 0.3 is 0 Å². The fraction of sp³-hybridized carbons (Fsp3) is 0.632. The van der Waals surface area contributed by atoms with Crippen LogP contribution in [0.1, 0.15) is 49.5 Å². The van der Waals surface area contributed by atoms with Crippen molar-refractivity contribution in [1.29, 1.82) is 0 Å².